The summed E-state index contributed by atoms with van der Waals surface area (Å²) in [5.41, 5.74) is 7.36. The van der Waals surface area contributed by atoms with Gasteiger partial charge in [-0.15, -0.1) is 0 Å². The monoisotopic (exact) mass is 505 g/mol. The Morgan fingerprint density at radius 1 is 0.974 bits per heavy atom. The zero-order chi connectivity index (χ0) is 26.9. The highest BCUT2D eigenvalue weighted by Gasteiger charge is 2.26. The molecule has 7 nitrogen and oxygen atoms in total. The molecule has 7 heteroatoms. The topological polar surface area (TPSA) is 91.1 Å². The van der Waals surface area contributed by atoms with Gasteiger partial charge in [0.25, 0.3) is 0 Å². The molecule has 1 aliphatic rings. The molecule has 0 unspecified atom stereocenters. The smallest absolute Gasteiger partial charge is 0.407 e. The van der Waals surface area contributed by atoms with Crippen LogP contribution in [0.1, 0.15) is 38.3 Å². The van der Waals surface area contributed by atoms with Gasteiger partial charge >= 0.3 is 6.09 Å². The van der Waals surface area contributed by atoms with Gasteiger partial charge < -0.3 is 15.0 Å². The number of nitrogens with one attached hydrogen (secondary N) is 1. The Kier molecular flexibility index (Phi) is 6.73. The van der Waals surface area contributed by atoms with Crippen LogP contribution in [0.2, 0.25) is 0 Å². The van der Waals surface area contributed by atoms with Crippen molar-refractivity contribution in [1.82, 2.24) is 15.3 Å². The Hall–Kier alpha value is -4.44. The summed E-state index contributed by atoms with van der Waals surface area (Å²) in [6.45, 7) is 9.16. The van der Waals surface area contributed by atoms with Crippen LogP contribution in [0.3, 0.4) is 0 Å². The van der Waals surface area contributed by atoms with Gasteiger partial charge in [0, 0.05) is 29.9 Å². The van der Waals surface area contributed by atoms with Crippen molar-refractivity contribution in [3.05, 3.63) is 77.9 Å². The van der Waals surface area contributed by atoms with Crippen molar-refractivity contribution >= 4 is 22.8 Å². The lowest BCUT2D eigenvalue weighted by molar-refractivity contribution is 0.0509. The van der Waals surface area contributed by atoms with Crippen molar-refractivity contribution in [2.75, 3.05) is 18.0 Å². The van der Waals surface area contributed by atoms with E-state index in [2.05, 4.69) is 59.6 Å². The average Bonchev–Trinajstić information content (AvgIpc) is 3.35. The summed E-state index contributed by atoms with van der Waals surface area (Å²) in [7, 11) is 0. The third kappa shape index (κ3) is 5.60. The van der Waals surface area contributed by atoms with Crippen molar-refractivity contribution < 1.29 is 9.53 Å². The van der Waals surface area contributed by atoms with E-state index in [1.165, 1.54) is 5.56 Å². The largest absolute Gasteiger partial charge is 0.444 e. The first-order valence-electron chi connectivity index (χ1n) is 12.8. The standard InChI is InChI=1S/C31H31N5O2/c1-20-5-9-22(10-6-20)28-29(23-11-7-21(18-32)8-12-23)35-27-17-25(13-14-26(27)34-28)36-16-15-24(19-36)33-30(37)38-31(2,3)4/h5-14,17,24H,15-16,19H2,1-4H3,(H,33,37)/t24-/m1/s1. The number of nitriles is 1. The predicted molar refractivity (Wildman–Crippen MR) is 150 cm³/mol. The van der Waals surface area contributed by atoms with Gasteiger partial charge in [0.15, 0.2) is 0 Å². The van der Waals surface area contributed by atoms with E-state index in [1.807, 2.05) is 39.0 Å². The number of hydrogen-bond acceptors (Lipinski definition) is 6. The molecule has 2 heterocycles. The summed E-state index contributed by atoms with van der Waals surface area (Å²) in [5, 5.41) is 12.2. The third-order valence-corrected chi connectivity index (χ3v) is 6.53. The highest BCUT2D eigenvalue weighted by molar-refractivity contribution is 5.88. The fraction of sp³-hybridized carbons (Fsp3) is 0.290. The number of rotatable bonds is 4. The summed E-state index contributed by atoms with van der Waals surface area (Å²) >= 11 is 0. The summed E-state index contributed by atoms with van der Waals surface area (Å²) in [6.07, 6.45) is 0.454. The molecule has 1 N–H and O–H groups in total. The first kappa shape index (κ1) is 25.2. The van der Waals surface area contributed by atoms with Gasteiger partial charge in [0.1, 0.15) is 5.60 Å². The average molecular weight is 506 g/mol. The number of benzene rings is 3. The molecular weight excluding hydrogens is 474 g/mol. The number of anilines is 1. The zero-order valence-corrected chi connectivity index (χ0v) is 22.2. The van der Waals surface area contributed by atoms with Crippen molar-refractivity contribution in [2.45, 2.75) is 45.8 Å². The second kappa shape index (κ2) is 10.1. The van der Waals surface area contributed by atoms with E-state index in [0.717, 1.165) is 52.2 Å². The fourth-order valence-electron chi connectivity index (χ4n) is 4.64. The Labute approximate surface area is 223 Å². The molecule has 4 aromatic rings. The minimum Gasteiger partial charge on any atom is -0.444 e. The van der Waals surface area contributed by atoms with Crippen LogP contribution in [0.4, 0.5) is 10.5 Å². The summed E-state index contributed by atoms with van der Waals surface area (Å²) in [4.78, 5) is 24.6. The molecule has 1 amide bonds. The van der Waals surface area contributed by atoms with Gasteiger partial charge in [-0.3, -0.25) is 0 Å². The van der Waals surface area contributed by atoms with E-state index < -0.39 is 5.60 Å². The Morgan fingerprint density at radius 2 is 1.61 bits per heavy atom. The zero-order valence-electron chi connectivity index (χ0n) is 22.2. The van der Waals surface area contributed by atoms with E-state index in [4.69, 9.17) is 14.7 Å². The molecule has 0 spiro atoms. The van der Waals surface area contributed by atoms with Gasteiger partial charge in [0.05, 0.1) is 40.1 Å². The van der Waals surface area contributed by atoms with Crippen LogP contribution in [-0.4, -0.2) is 40.8 Å². The van der Waals surface area contributed by atoms with Gasteiger partial charge in [0.2, 0.25) is 0 Å². The van der Waals surface area contributed by atoms with Gasteiger partial charge in [-0.1, -0.05) is 42.0 Å². The summed E-state index contributed by atoms with van der Waals surface area (Å²) in [6, 6.07) is 24.0. The number of carbonyl (C=O) groups is 1. The number of amides is 1. The summed E-state index contributed by atoms with van der Waals surface area (Å²) in [5.74, 6) is 0. The van der Waals surface area contributed by atoms with Crippen LogP contribution in [0.5, 0.6) is 0 Å². The molecule has 0 aliphatic carbocycles. The number of hydrogen-bond donors (Lipinski definition) is 1. The predicted octanol–water partition coefficient (Wildman–Crippen LogP) is 6.25. The van der Waals surface area contributed by atoms with Crippen LogP contribution < -0.4 is 10.2 Å². The van der Waals surface area contributed by atoms with Crippen molar-refractivity contribution in [3.63, 3.8) is 0 Å². The van der Waals surface area contributed by atoms with E-state index in [1.54, 1.807) is 12.1 Å². The van der Waals surface area contributed by atoms with Crippen LogP contribution in [0, 0.1) is 18.3 Å². The maximum Gasteiger partial charge on any atom is 0.407 e. The lowest BCUT2D eigenvalue weighted by atomic mass is 10.0. The number of alkyl carbamates (subject to hydrolysis) is 1. The highest BCUT2D eigenvalue weighted by atomic mass is 16.6. The molecule has 192 valence electrons. The molecule has 1 fully saturated rings. The maximum absolute atomic E-state index is 12.2. The number of aromatic nitrogens is 2. The van der Waals surface area contributed by atoms with Crippen LogP contribution in [0.25, 0.3) is 33.5 Å². The van der Waals surface area contributed by atoms with Gasteiger partial charge in [-0.2, -0.15) is 5.26 Å². The molecular formula is C31H31N5O2. The summed E-state index contributed by atoms with van der Waals surface area (Å²) < 4.78 is 5.42. The second-order valence-corrected chi connectivity index (χ2v) is 10.7. The fourth-order valence-corrected chi connectivity index (χ4v) is 4.64. The first-order chi connectivity index (χ1) is 18.2. The Balaban J connectivity index is 1.47. The molecule has 1 atom stereocenters. The quantitative estimate of drug-likeness (QED) is 0.353. The second-order valence-electron chi connectivity index (χ2n) is 10.7. The SMILES string of the molecule is Cc1ccc(-c2nc3ccc(N4CC[C@@H](NC(=O)OC(C)(C)C)C4)cc3nc2-c2ccc(C#N)cc2)cc1. The minimum absolute atomic E-state index is 0.0183. The van der Waals surface area contributed by atoms with Gasteiger partial charge in [-0.05, 0) is 64.4 Å². The van der Waals surface area contributed by atoms with E-state index in [9.17, 15) is 10.1 Å². The van der Waals surface area contributed by atoms with Crippen molar-refractivity contribution in [3.8, 4) is 28.6 Å². The Morgan fingerprint density at radius 3 is 2.24 bits per heavy atom. The number of nitrogens with zero attached hydrogens (tertiary/aromatic N) is 4. The number of aryl methyl sites for hydroxylation is 1. The molecule has 0 radical (unpaired) electrons. The van der Waals surface area contributed by atoms with E-state index in [0.29, 0.717) is 12.1 Å². The molecule has 1 saturated heterocycles. The highest BCUT2D eigenvalue weighted by Crippen LogP contribution is 2.33. The van der Waals surface area contributed by atoms with Crippen LogP contribution >= 0.6 is 0 Å². The third-order valence-electron chi connectivity index (χ3n) is 6.53. The molecule has 1 aliphatic heterocycles. The lowest BCUT2D eigenvalue weighted by Crippen LogP contribution is -2.40. The number of carbonyl (C=O) groups excluding carboxylic acids is 1. The van der Waals surface area contributed by atoms with Gasteiger partial charge in [-0.25, -0.2) is 14.8 Å². The number of ether oxygens (including phenoxy) is 1. The van der Waals surface area contributed by atoms with Crippen molar-refractivity contribution in [1.29, 1.82) is 5.26 Å². The Bertz CT molecular complexity index is 1520. The normalized spacial score (nSPS) is 15.3. The van der Waals surface area contributed by atoms with Crippen molar-refractivity contribution in [2.24, 2.45) is 0 Å². The molecule has 0 saturated carbocycles. The molecule has 0 bridgehead atoms. The van der Waals surface area contributed by atoms with E-state index >= 15 is 0 Å². The lowest BCUT2D eigenvalue weighted by Gasteiger charge is -2.22. The number of fused-ring (bicyclic) bond motifs is 1. The molecule has 5 rings (SSSR count). The maximum atomic E-state index is 12.2. The van der Waals surface area contributed by atoms with E-state index in [-0.39, 0.29) is 12.1 Å². The van der Waals surface area contributed by atoms with Crippen LogP contribution in [-0.2, 0) is 4.74 Å². The molecule has 1 aromatic heterocycles. The molecule has 38 heavy (non-hydrogen) atoms. The molecule has 3 aromatic carbocycles. The van der Waals surface area contributed by atoms with Crippen LogP contribution in [0.15, 0.2) is 66.7 Å². The first-order valence-corrected chi connectivity index (χ1v) is 12.8. The minimum atomic E-state index is -0.524.